The number of rotatable bonds is 4. The molecular formula is C15H17NO3S. The van der Waals surface area contributed by atoms with E-state index in [-0.39, 0.29) is 4.90 Å². The molecule has 2 aromatic rings. The maximum absolute atomic E-state index is 12.6. The summed E-state index contributed by atoms with van der Waals surface area (Å²) in [5.74, 6) is 0.673. The first-order chi connectivity index (χ1) is 9.46. The van der Waals surface area contributed by atoms with E-state index in [0.29, 0.717) is 11.4 Å². The Hall–Kier alpha value is -2.01. The molecule has 0 saturated heterocycles. The third kappa shape index (κ3) is 2.63. The highest BCUT2D eigenvalue weighted by molar-refractivity contribution is 7.92. The van der Waals surface area contributed by atoms with E-state index in [1.807, 2.05) is 13.0 Å². The van der Waals surface area contributed by atoms with E-state index in [2.05, 4.69) is 0 Å². The maximum atomic E-state index is 12.6. The van der Waals surface area contributed by atoms with Crippen molar-refractivity contribution >= 4 is 15.7 Å². The van der Waals surface area contributed by atoms with Crippen LogP contribution in [0.3, 0.4) is 0 Å². The summed E-state index contributed by atoms with van der Waals surface area (Å²) in [5.41, 5.74) is 1.41. The molecule has 106 valence electrons. The average Bonchev–Trinajstić information content (AvgIpc) is 2.47. The van der Waals surface area contributed by atoms with Gasteiger partial charge in [-0.3, -0.25) is 4.31 Å². The summed E-state index contributed by atoms with van der Waals surface area (Å²) >= 11 is 0. The van der Waals surface area contributed by atoms with Gasteiger partial charge in [0, 0.05) is 7.05 Å². The minimum atomic E-state index is -3.56. The van der Waals surface area contributed by atoms with Crippen LogP contribution in [0.1, 0.15) is 5.56 Å². The first-order valence-corrected chi connectivity index (χ1v) is 7.59. The van der Waals surface area contributed by atoms with Crippen molar-refractivity contribution in [2.75, 3.05) is 18.5 Å². The van der Waals surface area contributed by atoms with Gasteiger partial charge in [-0.05, 0) is 42.8 Å². The van der Waals surface area contributed by atoms with E-state index in [1.54, 1.807) is 56.6 Å². The van der Waals surface area contributed by atoms with Crippen LogP contribution in [0.25, 0.3) is 0 Å². The van der Waals surface area contributed by atoms with Crippen LogP contribution in [0, 0.1) is 6.92 Å². The van der Waals surface area contributed by atoms with Gasteiger partial charge in [0.25, 0.3) is 10.0 Å². The van der Waals surface area contributed by atoms with Gasteiger partial charge in [-0.15, -0.1) is 0 Å². The highest BCUT2D eigenvalue weighted by Gasteiger charge is 2.21. The molecule has 0 heterocycles. The Balaban J connectivity index is 2.43. The average molecular weight is 291 g/mol. The number of hydrogen-bond donors (Lipinski definition) is 0. The van der Waals surface area contributed by atoms with Crippen LogP contribution < -0.4 is 9.04 Å². The van der Waals surface area contributed by atoms with Crippen molar-refractivity contribution in [3.8, 4) is 5.75 Å². The molecule has 0 unspecified atom stereocenters. The van der Waals surface area contributed by atoms with Crippen molar-refractivity contribution in [3.63, 3.8) is 0 Å². The van der Waals surface area contributed by atoms with Gasteiger partial charge in [0.05, 0.1) is 17.7 Å². The summed E-state index contributed by atoms with van der Waals surface area (Å²) < 4.78 is 31.6. The zero-order valence-corrected chi connectivity index (χ0v) is 12.5. The van der Waals surface area contributed by atoms with Crippen LogP contribution >= 0.6 is 0 Å². The number of aryl methyl sites for hydroxylation is 1. The predicted octanol–water partition coefficient (Wildman–Crippen LogP) is 2.83. The number of methoxy groups -OCH3 is 1. The molecule has 2 aromatic carbocycles. The van der Waals surface area contributed by atoms with Gasteiger partial charge < -0.3 is 4.74 Å². The second-order valence-corrected chi connectivity index (χ2v) is 6.41. The topological polar surface area (TPSA) is 46.6 Å². The van der Waals surface area contributed by atoms with Crippen molar-refractivity contribution in [1.29, 1.82) is 0 Å². The number of benzene rings is 2. The molecule has 0 fully saturated rings. The third-order valence-corrected chi connectivity index (χ3v) is 4.93. The van der Waals surface area contributed by atoms with Crippen LogP contribution in [0.4, 0.5) is 5.69 Å². The summed E-state index contributed by atoms with van der Waals surface area (Å²) in [6, 6.07) is 13.8. The molecule has 0 radical (unpaired) electrons. The fraction of sp³-hybridized carbons (Fsp3) is 0.200. The number of hydrogen-bond acceptors (Lipinski definition) is 3. The van der Waals surface area contributed by atoms with E-state index < -0.39 is 10.0 Å². The van der Waals surface area contributed by atoms with Crippen LogP contribution in [0.15, 0.2) is 53.4 Å². The highest BCUT2D eigenvalue weighted by Crippen LogP contribution is 2.25. The normalized spacial score (nSPS) is 11.2. The Morgan fingerprint density at radius 3 is 2.25 bits per heavy atom. The van der Waals surface area contributed by atoms with Crippen LogP contribution in [0.2, 0.25) is 0 Å². The van der Waals surface area contributed by atoms with Gasteiger partial charge in [0.15, 0.2) is 0 Å². The molecular weight excluding hydrogens is 274 g/mol. The molecule has 20 heavy (non-hydrogen) atoms. The largest absolute Gasteiger partial charge is 0.496 e. The fourth-order valence-electron chi connectivity index (χ4n) is 1.95. The second-order valence-electron chi connectivity index (χ2n) is 4.44. The standard InChI is InChI=1S/C15H17NO3S/c1-12-11-14(9-10-15(12)19-3)20(17,18)16(2)13-7-5-4-6-8-13/h4-11H,1-3H3. The van der Waals surface area contributed by atoms with Gasteiger partial charge in [-0.1, -0.05) is 18.2 Å². The molecule has 0 aromatic heterocycles. The smallest absolute Gasteiger partial charge is 0.264 e. The molecule has 4 nitrogen and oxygen atoms in total. The van der Waals surface area contributed by atoms with Crippen molar-refractivity contribution in [1.82, 2.24) is 0 Å². The molecule has 5 heteroatoms. The zero-order chi connectivity index (χ0) is 14.8. The molecule has 2 rings (SSSR count). The Kier molecular flexibility index (Phi) is 3.99. The second kappa shape index (κ2) is 5.54. The monoisotopic (exact) mass is 291 g/mol. The van der Waals surface area contributed by atoms with E-state index in [0.717, 1.165) is 5.56 Å². The summed E-state index contributed by atoms with van der Waals surface area (Å²) in [6.07, 6.45) is 0. The molecule has 0 aliphatic rings. The molecule has 0 spiro atoms. The van der Waals surface area contributed by atoms with Gasteiger partial charge in [0.2, 0.25) is 0 Å². The minimum absolute atomic E-state index is 0.252. The first kappa shape index (κ1) is 14.4. The van der Waals surface area contributed by atoms with E-state index in [9.17, 15) is 8.42 Å². The van der Waals surface area contributed by atoms with Crippen LogP contribution in [-0.2, 0) is 10.0 Å². The van der Waals surface area contributed by atoms with Gasteiger partial charge in [-0.25, -0.2) is 8.42 Å². The Bertz CT molecular complexity index is 696. The fourth-order valence-corrected chi connectivity index (χ4v) is 3.23. The van der Waals surface area contributed by atoms with Crippen molar-refractivity contribution < 1.29 is 13.2 Å². The number of para-hydroxylation sites is 1. The molecule has 0 amide bonds. The first-order valence-electron chi connectivity index (χ1n) is 6.15. The van der Waals surface area contributed by atoms with Crippen molar-refractivity contribution in [2.24, 2.45) is 0 Å². The van der Waals surface area contributed by atoms with Crippen LogP contribution in [0.5, 0.6) is 5.75 Å². The lowest BCUT2D eigenvalue weighted by molar-refractivity contribution is 0.411. The molecule has 0 aliphatic heterocycles. The minimum Gasteiger partial charge on any atom is -0.496 e. The Morgan fingerprint density at radius 2 is 1.70 bits per heavy atom. The molecule has 0 bridgehead atoms. The molecule has 0 atom stereocenters. The van der Waals surface area contributed by atoms with E-state index in [4.69, 9.17) is 4.74 Å². The number of anilines is 1. The summed E-state index contributed by atoms with van der Waals surface area (Å²) in [5, 5.41) is 0. The summed E-state index contributed by atoms with van der Waals surface area (Å²) in [4.78, 5) is 0.252. The van der Waals surface area contributed by atoms with Crippen LogP contribution in [-0.4, -0.2) is 22.6 Å². The molecule has 0 saturated carbocycles. The maximum Gasteiger partial charge on any atom is 0.264 e. The van der Waals surface area contributed by atoms with E-state index in [1.165, 1.54) is 4.31 Å². The van der Waals surface area contributed by atoms with Crippen molar-refractivity contribution in [2.45, 2.75) is 11.8 Å². The number of sulfonamides is 1. The third-order valence-electron chi connectivity index (χ3n) is 3.14. The SMILES string of the molecule is COc1ccc(S(=O)(=O)N(C)c2ccccc2)cc1C. The lowest BCUT2D eigenvalue weighted by atomic mass is 10.2. The predicted molar refractivity (Wildman–Crippen MR) is 79.8 cm³/mol. The van der Waals surface area contributed by atoms with E-state index >= 15 is 0 Å². The number of nitrogens with zero attached hydrogens (tertiary/aromatic N) is 1. The zero-order valence-electron chi connectivity index (χ0n) is 11.7. The molecule has 0 N–H and O–H groups in total. The van der Waals surface area contributed by atoms with Gasteiger partial charge in [0.1, 0.15) is 5.75 Å². The van der Waals surface area contributed by atoms with Gasteiger partial charge in [-0.2, -0.15) is 0 Å². The quantitative estimate of drug-likeness (QED) is 0.870. The van der Waals surface area contributed by atoms with Gasteiger partial charge >= 0.3 is 0 Å². The lowest BCUT2D eigenvalue weighted by Crippen LogP contribution is -2.26. The molecule has 0 aliphatic carbocycles. The summed E-state index contributed by atoms with van der Waals surface area (Å²) in [7, 11) is -0.454. The highest BCUT2D eigenvalue weighted by atomic mass is 32.2. The lowest BCUT2D eigenvalue weighted by Gasteiger charge is -2.20. The summed E-state index contributed by atoms with van der Waals surface area (Å²) in [6.45, 7) is 1.82. The van der Waals surface area contributed by atoms with Crippen molar-refractivity contribution in [3.05, 3.63) is 54.1 Å². The number of ether oxygens (including phenoxy) is 1. The Morgan fingerprint density at radius 1 is 1.05 bits per heavy atom. The Labute approximate surface area is 119 Å².